The molecular weight excluding hydrogens is 456 g/mol. The quantitative estimate of drug-likeness (QED) is 0.356. The molecule has 3 aromatic heterocycles. The second kappa shape index (κ2) is 8.80. The van der Waals surface area contributed by atoms with Crippen molar-refractivity contribution in [2.75, 3.05) is 0 Å². The Morgan fingerprint density at radius 2 is 1.91 bits per heavy atom. The van der Waals surface area contributed by atoms with Gasteiger partial charge in [0.1, 0.15) is 5.01 Å². The molecule has 0 atom stereocenters. The number of thioether (sulfide) groups is 1. The van der Waals surface area contributed by atoms with Crippen molar-refractivity contribution >= 4 is 45.7 Å². The molecule has 5 aromatic rings. The first kappa shape index (κ1) is 21.4. The van der Waals surface area contributed by atoms with Gasteiger partial charge in [-0.3, -0.25) is 18.6 Å². The first-order chi connectivity index (χ1) is 16.1. The standard InChI is InChI=1S/C23H20N6O2S2/c1-2-11-28-21(31)17-5-3-4-6-18(17)29-22(28)26-27-23(29)33-13-16-12-32-20(25-16)15-9-7-14(8-10-15)19(24)30/h3-10,12H,2,11,13H2,1H3,(H2,24,30). The summed E-state index contributed by atoms with van der Waals surface area (Å²) in [6, 6.07) is 14.7. The summed E-state index contributed by atoms with van der Waals surface area (Å²) in [6.07, 6.45) is 0.825. The fourth-order valence-corrected chi connectivity index (χ4v) is 5.44. The monoisotopic (exact) mass is 476 g/mol. The molecule has 0 radical (unpaired) electrons. The van der Waals surface area contributed by atoms with Gasteiger partial charge in [-0.2, -0.15) is 0 Å². The molecule has 0 aliphatic heterocycles. The van der Waals surface area contributed by atoms with E-state index < -0.39 is 5.91 Å². The van der Waals surface area contributed by atoms with E-state index in [-0.39, 0.29) is 5.56 Å². The first-order valence-electron chi connectivity index (χ1n) is 10.4. The van der Waals surface area contributed by atoms with Crippen molar-refractivity contribution in [3.8, 4) is 10.6 Å². The molecule has 3 heterocycles. The number of benzene rings is 2. The highest BCUT2D eigenvalue weighted by Crippen LogP contribution is 2.29. The van der Waals surface area contributed by atoms with Crippen LogP contribution < -0.4 is 11.3 Å². The number of aromatic nitrogens is 5. The zero-order chi connectivity index (χ0) is 22.9. The average Bonchev–Trinajstić information content (AvgIpc) is 3.48. The van der Waals surface area contributed by atoms with Crippen LogP contribution in [0, 0.1) is 0 Å². The van der Waals surface area contributed by atoms with E-state index in [9.17, 15) is 9.59 Å². The van der Waals surface area contributed by atoms with Gasteiger partial charge in [0.05, 0.1) is 16.6 Å². The predicted octanol–water partition coefficient (Wildman–Crippen LogP) is 3.97. The fourth-order valence-electron chi connectivity index (χ4n) is 3.67. The summed E-state index contributed by atoms with van der Waals surface area (Å²) in [7, 11) is 0. The highest BCUT2D eigenvalue weighted by molar-refractivity contribution is 7.98. The van der Waals surface area contributed by atoms with Crippen molar-refractivity contribution in [3.63, 3.8) is 0 Å². The number of fused-ring (bicyclic) bond motifs is 3. The van der Waals surface area contributed by atoms with Crippen LogP contribution in [-0.2, 0) is 12.3 Å². The Labute approximate surface area is 197 Å². The van der Waals surface area contributed by atoms with Crippen LogP contribution in [0.15, 0.2) is 63.9 Å². The van der Waals surface area contributed by atoms with Gasteiger partial charge in [0.15, 0.2) is 5.16 Å². The molecule has 2 aromatic carbocycles. The van der Waals surface area contributed by atoms with Crippen molar-refractivity contribution in [1.82, 2.24) is 24.1 Å². The lowest BCUT2D eigenvalue weighted by atomic mass is 10.1. The summed E-state index contributed by atoms with van der Waals surface area (Å²) >= 11 is 3.07. The van der Waals surface area contributed by atoms with Gasteiger partial charge in [0.25, 0.3) is 5.56 Å². The molecule has 0 bridgehead atoms. The van der Waals surface area contributed by atoms with E-state index in [1.165, 1.54) is 11.8 Å². The van der Waals surface area contributed by atoms with Crippen molar-refractivity contribution < 1.29 is 4.79 Å². The van der Waals surface area contributed by atoms with Crippen LogP contribution in [0.5, 0.6) is 0 Å². The van der Waals surface area contributed by atoms with Crippen molar-refractivity contribution in [1.29, 1.82) is 0 Å². The molecule has 0 fully saturated rings. The molecule has 0 aliphatic carbocycles. The zero-order valence-electron chi connectivity index (χ0n) is 17.8. The molecule has 0 saturated carbocycles. The smallest absolute Gasteiger partial charge is 0.262 e. The topological polar surface area (TPSA) is 108 Å². The van der Waals surface area contributed by atoms with Crippen molar-refractivity contribution in [2.24, 2.45) is 5.73 Å². The highest BCUT2D eigenvalue weighted by atomic mass is 32.2. The molecular formula is C23H20N6O2S2. The maximum atomic E-state index is 13.0. The zero-order valence-corrected chi connectivity index (χ0v) is 19.4. The summed E-state index contributed by atoms with van der Waals surface area (Å²) in [6.45, 7) is 2.62. The third kappa shape index (κ3) is 3.91. The predicted molar refractivity (Wildman–Crippen MR) is 131 cm³/mol. The third-order valence-corrected chi connectivity index (χ3v) is 7.15. The maximum absolute atomic E-state index is 13.0. The molecule has 166 valence electrons. The number of nitrogens with zero attached hydrogens (tertiary/aromatic N) is 5. The average molecular weight is 477 g/mol. The number of rotatable bonds is 7. The number of amides is 1. The van der Waals surface area contributed by atoms with Gasteiger partial charge >= 0.3 is 0 Å². The van der Waals surface area contributed by atoms with Gasteiger partial charge in [-0.1, -0.05) is 43.0 Å². The Bertz CT molecular complexity index is 1530. The van der Waals surface area contributed by atoms with Crippen LogP contribution in [0.3, 0.4) is 0 Å². The lowest BCUT2D eigenvalue weighted by Gasteiger charge is -2.10. The second-order valence-electron chi connectivity index (χ2n) is 7.47. The summed E-state index contributed by atoms with van der Waals surface area (Å²) in [5.41, 5.74) is 8.39. The van der Waals surface area contributed by atoms with E-state index >= 15 is 0 Å². The second-order valence-corrected chi connectivity index (χ2v) is 9.27. The van der Waals surface area contributed by atoms with Crippen LogP contribution in [0.2, 0.25) is 0 Å². The Kier molecular flexibility index (Phi) is 5.69. The van der Waals surface area contributed by atoms with Gasteiger partial charge in [-0.05, 0) is 30.7 Å². The van der Waals surface area contributed by atoms with Gasteiger partial charge in [-0.15, -0.1) is 21.5 Å². The molecule has 0 spiro atoms. The van der Waals surface area contributed by atoms with E-state index in [1.54, 1.807) is 28.0 Å². The molecule has 0 aliphatic rings. The Balaban J connectivity index is 1.45. The Morgan fingerprint density at radius 3 is 2.67 bits per heavy atom. The van der Waals surface area contributed by atoms with Crippen molar-refractivity contribution in [2.45, 2.75) is 30.8 Å². The van der Waals surface area contributed by atoms with Gasteiger partial charge < -0.3 is 5.73 Å². The molecule has 1 amide bonds. The van der Waals surface area contributed by atoms with E-state index in [2.05, 4.69) is 10.2 Å². The van der Waals surface area contributed by atoms with Crippen LogP contribution in [0.1, 0.15) is 29.4 Å². The largest absolute Gasteiger partial charge is 0.366 e. The van der Waals surface area contributed by atoms with Crippen LogP contribution in [-0.4, -0.2) is 30.1 Å². The summed E-state index contributed by atoms with van der Waals surface area (Å²) in [5.74, 6) is 0.712. The van der Waals surface area contributed by atoms with Crippen LogP contribution in [0.25, 0.3) is 27.3 Å². The number of aryl methyl sites for hydroxylation is 1. The molecule has 2 N–H and O–H groups in total. The SMILES string of the molecule is CCCn1c(=O)c2ccccc2n2c(SCc3csc(-c4ccc(C(N)=O)cc4)n3)nnc12. The van der Waals surface area contributed by atoms with E-state index in [0.717, 1.165) is 28.2 Å². The number of primary amides is 1. The van der Waals surface area contributed by atoms with Gasteiger partial charge in [-0.25, -0.2) is 4.98 Å². The highest BCUT2D eigenvalue weighted by Gasteiger charge is 2.17. The Hall–Kier alpha value is -3.50. The number of nitrogens with two attached hydrogens (primary N) is 1. The number of hydrogen-bond acceptors (Lipinski definition) is 7. The van der Waals surface area contributed by atoms with Gasteiger partial charge in [0, 0.05) is 28.8 Å². The minimum Gasteiger partial charge on any atom is -0.366 e. The number of carbonyl (C=O) groups is 1. The van der Waals surface area contributed by atoms with Crippen LogP contribution >= 0.6 is 23.1 Å². The van der Waals surface area contributed by atoms with Crippen LogP contribution in [0.4, 0.5) is 0 Å². The summed E-state index contributed by atoms with van der Waals surface area (Å²) < 4.78 is 3.64. The normalized spacial score (nSPS) is 11.4. The van der Waals surface area contributed by atoms with E-state index in [1.807, 2.05) is 53.1 Å². The lowest BCUT2D eigenvalue weighted by Crippen LogP contribution is -2.23. The van der Waals surface area contributed by atoms with Crippen molar-refractivity contribution in [3.05, 3.63) is 75.5 Å². The molecule has 33 heavy (non-hydrogen) atoms. The summed E-state index contributed by atoms with van der Waals surface area (Å²) in [4.78, 5) is 29.0. The first-order valence-corrected chi connectivity index (χ1v) is 12.3. The number of para-hydroxylation sites is 1. The molecule has 0 unspecified atom stereocenters. The molecule has 10 heteroatoms. The number of thiazole rings is 1. The molecule has 0 saturated heterocycles. The number of carbonyl (C=O) groups excluding carboxylic acids is 1. The minimum atomic E-state index is -0.449. The van der Waals surface area contributed by atoms with Gasteiger partial charge in [0.2, 0.25) is 11.7 Å². The maximum Gasteiger partial charge on any atom is 0.262 e. The van der Waals surface area contributed by atoms with E-state index in [4.69, 9.17) is 10.7 Å². The molecule has 8 nitrogen and oxygen atoms in total. The minimum absolute atomic E-state index is 0.0459. The number of hydrogen-bond donors (Lipinski definition) is 1. The Morgan fingerprint density at radius 1 is 1.12 bits per heavy atom. The third-order valence-electron chi connectivity index (χ3n) is 5.24. The fraction of sp³-hybridized carbons (Fsp3) is 0.174. The van der Waals surface area contributed by atoms with E-state index in [0.29, 0.717) is 34.2 Å². The summed E-state index contributed by atoms with van der Waals surface area (Å²) in [5, 5.41) is 13.0. The molecule has 5 rings (SSSR count). The lowest BCUT2D eigenvalue weighted by molar-refractivity contribution is 0.100.